The number of aromatic nitrogens is 2. The van der Waals surface area contributed by atoms with Gasteiger partial charge in [0.25, 0.3) is 5.69 Å². The Hall–Kier alpha value is -3.62. The largest absolute Gasteiger partial charge is 0.465 e. The first-order valence-electron chi connectivity index (χ1n) is 7.01. The molecule has 0 amide bonds. The average molecular weight is 341 g/mol. The summed E-state index contributed by atoms with van der Waals surface area (Å²) in [6.45, 7) is 0. The van der Waals surface area contributed by atoms with Gasteiger partial charge in [-0.25, -0.2) is 19.6 Å². The number of non-ortho nitro benzene ring substituents is 1. The van der Waals surface area contributed by atoms with Crippen molar-refractivity contribution < 1.29 is 24.0 Å². The minimum absolute atomic E-state index is 0.0889. The number of hydrogen-bond donors (Lipinski definition) is 0. The number of benzene rings is 2. The quantitative estimate of drug-likeness (QED) is 0.308. The predicted molar refractivity (Wildman–Crippen MR) is 86.4 cm³/mol. The zero-order chi connectivity index (χ0) is 18.1. The molecule has 3 aromatic rings. The fourth-order valence-corrected chi connectivity index (χ4v) is 2.41. The van der Waals surface area contributed by atoms with Crippen LogP contribution in [0.25, 0.3) is 22.1 Å². The van der Waals surface area contributed by atoms with E-state index in [4.69, 9.17) is 9.47 Å². The van der Waals surface area contributed by atoms with E-state index < -0.39 is 16.9 Å². The van der Waals surface area contributed by atoms with E-state index in [1.807, 2.05) is 0 Å². The van der Waals surface area contributed by atoms with E-state index in [1.54, 1.807) is 0 Å². The summed E-state index contributed by atoms with van der Waals surface area (Å²) >= 11 is 0. The molecule has 0 atom stereocenters. The third-order valence-corrected chi connectivity index (χ3v) is 3.60. The van der Waals surface area contributed by atoms with Gasteiger partial charge in [-0.2, -0.15) is 0 Å². The summed E-state index contributed by atoms with van der Waals surface area (Å²) in [4.78, 5) is 42.9. The van der Waals surface area contributed by atoms with Crippen LogP contribution >= 0.6 is 0 Å². The molecule has 0 aliphatic carbocycles. The summed E-state index contributed by atoms with van der Waals surface area (Å²) in [7, 11) is 2.43. The van der Waals surface area contributed by atoms with Crippen molar-refractivity contribution in [1.29, 1.82) is 0 Å². The Bertz CT molecular complexity index is 1050. The van der Waals surface area contributed by atoms with Crippen LogP contribution in [0.5, 0.6) is 0 Å². The second kappa shape index (κ2) is 6.11. The molecule has 2 aromatic carbocycles. The number of fused-ring (bicyclic) bond motifs is 2. The van der Waals surface area contributed by atoms with Crippen molar-refractivity contribution >= 4 is 39.7 Å². The Labute approximate surface area is 140 Å². The summed E-state index contributed by atoms with van der Waals surface area (Å²) in [6.07, 6.45) is 0. The Morgan fingerprint density at radius 3 is 1.92 bits per heavy atom. The molecule has 0 spiro atoms. The maximum atomic E-state index is 12.0. The number of esters is 2. The van der Waals surface area contributed by atoms with Crippen LogP contribution in [0, 0.1) is 10.1 Å². The fraction of sp³-hybridized carbons (Fsp3) is 0.125. The monoisotopic (exact) mass is 341 g/mol. The second-order valence-corrected chi connectivity index (χ2v) is 4.99. The van der Waals surface area contributed by atoms with Crippen molar-refractivity contribution in [3.8, 4) is 0 Å². The van der Waals surface area contributed by atoms with Crippen LogP contribution < -0.4 is 0 Å². The number of carbonyl (C=O) groups excluding carboxylic acids is 2. The van der Waals surface area contributed by atoms with Gasteiger partial charge in [-0.3, -0.25) is 10.1 Å². The molecule has 0 N–H and O–H groups in total. The van der Waals surface area contributed by atoms with E-state index in [9.17, 15) is 19.7 Å². The lowest BCUT2D eigenvalue weighted by Crippen LogP contribution is -2.09. The van der Waals surface area contributed by atoms with Crippen molar-refractivity contribution in [2.75, 3.05) is 14.2 Å². The summed E-state index contributed by atoms with van der Waals surface area (Å²) in [5.74, 6) is -1.31. The summed E-state index contributed by atoms with van der Waals surface area (Å²) in [6, 6.07) is 6.72. The van der Waals surface area contributed by atoms with E-state index in [0.717, 1.165) is 0 Å². The number of rotatable bonds is 3. The number of ether oxygens (including phenoxy) is 2. The molecule has 0 aliphatic heterocycles. The van der Waals surface area contributed by atoms with E-state index in [-0.39, 0.29) is 33.4 Å². The zero-order valence-electron chi connectivity index (χ0n) is 13.2. The maximum absolute atomic E-state index is 12.0. The first-order valence-corrected chi connectivity index (χ1v) is 7.01. The van der Waals surface area contributed by atoms with Crippen molar-refractivity contribution in [2.24, 2.45) is 0 Å². The number of carbonyl (C=O) groups is 2. The van der Waals surface area contributed by atoms with Gasteiger partial charge < -0.3 is 9.47 Å². The summed E-state index contributed by atoms with van der Waals surface area (Å²) in [5.41, 5.74) is 0.854. The Morgan fingerprint density at radius 1 is 0.920 bits per heavy atom. The van der Waals surface area contributed by atoms with E-state index >= 15 is 0 Å². The van der Waals surface area contributed by atoms with Crippen LogP contribution in [0.1, 0.15) is 20.7 Å². The van der Waals surface area contributed by atoms with Crippen molar-refractivity contribution in [2.45, 2.75) is 0 Å². The highest BCUT2D eigenvalue weighted by Crippen LogP contribution is 2.26. The average Bonchev–Trinajstić information content (AvgIpc) is 2.63. The van der Waals surface area contributed by atoms with Crippen LogP contribution in [-0.4, -0.2) is 41.0 Å². The second-order valence-electron chi connectivity index (χ2n) is 4.99. The molecule has 0 saturated carbocycles. The van der Waals surface area contributed by atoms with Crippen LogP contribution in [0.4, 0.5) is 5.69 Å². The molecule has 25 heavy (non-hydrogen) atoms. The van der Waals surface area contributed by atoms with Gasteiger partial charge in [0.1, 0.15) is 11.0 Å². The standard InChI is InChI=1S/C16H11N3O6/c1-24-15(20)9-4-5-10(16(21)25-2)14-13(9)17-11-6-3-8(19(22)23)7-12(11)18-14/h3-7H,1-2H3. The van der Waals surface area contributed by atoms with E-state index in [2.05, 4.69) is 9.97 Å². The third-order valence-electron chi connectivity index (χ3n) is 3.60. The maximum Gasteiger partial charge on any atom is 0.340 e. The number of nitro groups is 1. The first kappa shape index (κ1) is 16.2. The molecule has 3 rings (SSSR count). The molecular formula is C16H11N3O6. The Balaban J connectivity index is 2.41. The van der Waals surface area contributed by atoms with Gasteiger partial charge in [0.15, 0.2) is 0 Å². The molecule has 0 radical (unpaired) electrons. The topological polar surface area (TPSA) is 122 Å². The zero-order valence-corrected chi connectivity index (χ0v) is 13.2. The first-order chi connectivity index (χ1) is 12.0. The van der Waals surface area contributed by atoms with Crippen LogP contribution in [0.2, 0.25) is 0 Å². The molecule has 0 fully saturated rings. The number of nitro benzene ring substituents is 1. The third kappa shape index (κ3) is 2.71. The molecule has 0 saturated heterocycles. The minimum Gasteiger partial charge on any atom is -0.465 e. The number of methoxy groups -OCH3 is 2. The van der Waals surface area contributed by atoms with Gasteiger partial charge >= 0.3 is 11.9 Å². The summed E-state index contributed by atoms with van der Waals surface area (Å²) in [5, 5.41) is 10.9. The lowest BCUT2D eigenvalue weighted by molar-refractivity contribution is -0.384. The van der Waals surface area contributed by atoms with Gasteiger partial charge in [0.2, 0.25) is 0 Å². The molecule has 126 valence electrons. The molecular weight excluding hydrogens is 330 g/mol. The fourth-order valence-electron chi connectivity index (χ4n) is 2.41. The predicted octanol–water partition coefficient (Wildman–Crippen LogP) is 2.26. The lowest BCUT2D eigenvalue weighted by atomic mass is 10.1. The molecule has 9 heteroatoms. The van der Waals surface area contributed by atoms with E-state index in [1.165, 1.54) is 44.6 Å². The highest BCUT2D eigenvalue weighted by atomic mass is 16.6. The highest BCUT2D eigenvalue weighted by molar-refractivity contribution is 6.10. The molecule has 1 heterocycles. The molecule has 0 aliphatic rings. The molecule has 0 unspecified atom stereocenters. The smallest absolute Gasteiger partial charge is 0.340 e. The minimum atomic E-state index is -0.666. The van der Waals surface area contributed by atoms with Crippen LogP contribution in [0.3, 0.4) is 0 Å². The van der Waals surface area contributed by atoms with Gasteiger partial charge in [-0.05, 0) is 18.2 Å². The van der Waals surface area contributed by atoms with Gasteiger partial charge in [0, 0.05) is 12.1 Å². The normalized spacial score (nSPS) is 10.6. The lowest BCUT2D eigenvalue weighted by Gasteiger charge is -2.09. The molecule has 0 bridgehead atoms. The SMILES string of the molecule is COC(=O)c1ccc(C(=O)OC)c2nc3cc([N+](=O)[O-])ccc3nc12. The van der Waals surface area contributed by atoms with Gasteiger partial charge in [-0.1, -0.05) is 0 Å². The van der Waals surface area contributed by atoms with Gasteiger partial charge in [0.05, 0.1) is 41.3 Å². The molecule has 1 aromatic heterocycles. The van der Waals surface area contributed by atoms with Crippen LogP contribution in [-0.2, 0) is 9.47 Å². The number of nitrogens with zero attached hydrogens (tertiary/aromatic N) is 3. The number of hydrogen-bond acceptors (Lipinski definition) is 8. The van der Waals surface area contributed by atoms with Crippen molar-refractivity contribution in [3.05, 3.63) is 51.6 Å². The Morgan fingerprint density at radius 2 is 1.44 bits per heavy atom. The van der Waals surface area contributed by atoms with Gasteiger partial charge in [-0.15, -0.1) is 0 Å². The molecule has 9 nitrogen and oxygen atoms in total. The van der Waals surface area contributed by atoms with E-state index in [0.29, 0.717) is 5.52 Å². The summed E-state index contributed by atoms with van der Waals surface area (Å²) < 4.78 is 9.44. The van der Waals surface area contributed by atoms with Crippen molar-refractivity contribution in [3.63, 3.8) is 0 Å². The highest BCUT2D eigenvalue weighted by Gasteiger charge is 2.20. The van der Waals surface area contributed by atoms with Crippen LogP contribution in [0.15, 0.2) is 30.3 Å². The van der Waals surface area contributed by atoms with Crippen molar-refractivity contribution in [1.82, 2.24) is 9.97 Å². The Kier molecular flexibility index (Phi) is 3.97.